The fourth-order valence-electron chi connectivity index (χ4n) is 4.64. The van der Waals surface area contributed by atoms with E-state index in [4.69, 9.17) is 9.47 Å². The van der Waals surface area contributed by atoms with Crippen molar-refractivity contribution in [3.05, 3.63) is 58.6 Å². The van der Waals surface area contributed by atoms with Gasteiger partial charge in [0, 0.05) is 38.0 Å². The SMILES string of the molecule is C=CC(=O)Oc1c2c(c(OC(=O)C(=C)C)c3cc(Br)ccc13)C1CC(C)C2C1. The summed E-state index contributed by atoms with van der Waals surface area (Å²) in [5.74, 6) is 1.24. The Morgan fingerprint density at radius 2 is 1.86 bits per heavy atom. The average Bonchev–Trinajstić information content (AvgIpc) is 3.21. The lowest BCUT2D eigenvalue weighted by Crippen LogP contribution is -2.16. The number of rotatable bonds is 4. The number of fused-ring (bicyclic) bond motifs is 6. The highest BCUT2D eigenvalue weighted by Crippen LogP contribution is 2.63. The number of hydrogen-bond acceptors (Lipinski definition) is 4. The summed E-state index contributed by atoms with van der Waals surface area (Å²) in [5.41, 5.74) is 2.34. The zero-order valence-corrected chi connectivity index (χ0v) is 17.5. The van der Waals surface area contributed by atoms with E-state index >= 15 is 0 Å². The third-order valence-corrected chi connectivity index (χ3v) is 6.32. The molecule has 0 heterocycles. The van der Waals surface area contributed by atoms with Gasteiger partial charge >= 0.3 is 11.9 Å². The second-order valence-electron chi connectivity index (χ2n) is 7.72. The fraction of sp³-hybridized carbons (Fsp3) is 0.304. The quantitative estimate of drug-likeness (QED) is 0.343. The lowest BCUT2D eigenvalue weighted by atomic mass is 9.82. The number of hydrogen-bond donors (Lipinski definition) is 0. The molecule has 2 aliphatic carbocycles. The van der Waals surface area contributed by atoms with E-state index in [-0.39, 0.29) is 11.8 Å². The Morgan fingerprint density at radius 3 is 2.54 bits per heavy atom. The van der Waals surface area contributed by atoms with Crippen LogP contribution in [0.4, 0.5) is 0 Å². The topological polar surface area (TPSA) is 52.6 Å². The summed E-state index contributed by atoms with van der Waals surface area (Å²) >= 11 is 3.50. The van der Waals surface area contributed by atoms with E-state index in [0.29, 0.717) is 23.0 Å². The molecule has 2 aromatic rings. The van der Waals surface area contributed by atoms with Gasteiger partial charge in [-0.05, 0) is 55.7 Å². The van der Waals surface area contributed by atoms with Crippen LogP contribution in [0.15, 0.2) is 47.5 Å². The van der Waals surface area contributed by atoms with Crippen molar-refractivity contribution in [3.8, 4) is 11.5 Å². The Bertz CT molecular complexity index is 1050. The first kappa shape index (κ1) is 18.9. The molecular formula is C23H21BrO4. The number of carbonyl (C=O) groups is 2. The molecule has 1 saturated carbocycles. The van der Waals surface area contributed by atoms with Gasteiger partial charge in [0.1, 0.15) is 11.5 Å². The van der Waals surface area contributed by atoms with Gasteiger partial charge in [-0.1, -0.05) is 36.0 Å². The maximum Gasteiger partial charge on any atom is 0.338 e. The fourth-order valence-corrected chi connectivity index (χ4v) is 5.00. The Hall–Kier alpha value is -2.40. The summed E-state index contributed by atoms with van der Waals surface area (Å²) in [6.45, 7) is 11.1. The Kier molecular flexibility index (Phi) is 4.66. The van der Waals surface area contributed by atoms with Crippen LogP contribution in [0.1, 0.15) is 49.7 Å². The molecule has 3 atom stereocenters. The molecule has 0 aromatic heterocycles. The van der Waals surface area contributed by atoms with Crippen molar-refractivity contribution in [2.24, 2.45) is 5.92 Å². The molecule has 0 spiro atoms. The van der Waals surface area contributed by atoms with Crippen molar-refractivity contribution < 1.29 is 19.1 Å². The molecule has 2 aromatic carbocycles. The van der Waals surface area contributed by atoms with E-state index in [1.807, 2.05) is 18.2 Å². The summed E-state index contributed by atoms with van der Waals surface area (Å²) in [4.78, 5) is 24.5. The van der Waals surface area contributed by atoms with Crippen LogP contribution in [0.3, 0.4) is 0 Å². The van der Waals surface area contributed by atoms with Crippen molar-refractivity contribution in [1.29, 1.82) is 0 Å². The number of carbonyl (C=O) groups excluding carboxylic acids is 2. The van der Waals surface area contributed by atoms with Crippen LogP contribution in [0.5, 0.6) is 11.5 Å². The smallest absolute Gasteiger partial charge is 0.338 e. The minimum Gasteiger partial charge on any atom is -0.422 e. The Morgan fingerprint density at radius 1 is 1.14 bits per heavy atom. The van der Waals surface area contributed by atoms with Crippen LogP contribution in [0.25, 0.3) is 10.8 Å². The van der Waals surface area contributed by atoms with Crippen LogP contribution < -0.4 is 9.47 Å². The first-order valence-corrected chi connectivity index (χ1v) is 10.1. The zero-order valence-electron chi connectivity index (χ0n) is 15.9. The van der Waals surface area contributed by atoms with Gasteiger partial charge in [-0.2, -0.15) is 0 Å². The van der Waals surface area contributed by atoms with Gasteiger partial charge in [0.2, 0.25) is 0 Å². The highest BCUT2D eigenvalue weighted by molar-refractivity contribution is 9.10. The molecule has 0 saturated heterocycles. The van der Waals surface area contributed by atoms with Crippen LogP contribution in [0, 0.1) is 5.92 Å². The van der Waals surface area contributed by atoms with Gasteiger partial charge in [-0.25, -0.2) is 9.59 Å². The predicted molar refractivity (Wildman–Crippen MR) is 112 cm³/mol. The predicted octanol–water partition coefficient (Wildman–Crippen LogP) is 5.79. The van der Waals surface area contributed by atoms with Gasteiger partial charge < -0.3 is 9.47 Å². The van der Waals surface area contributed by atoms with Crippen molar-refractivity contribution in [3.63, 3.8) is 0 Å². The molecule has 0 aliphatic heterocycles. The second-order valence-corrected chi connectivity index (χ2v) is 8.64. The number of esters is 2. The number of halogens is 1. The van der Waals surface area contributed by atoms with Gasteiger partial charge in [0.15, 0.2) is 0 Å². The largest absolute Gasteiger partial charge is 0.422 e. The zero-order chi connectivity index (χ0) is 20.2. The van der Waals surface area contributed by atoms with Crippen LogP contribution in [-0.4, -0.2) is 11.9 Å². The van der Waals surface area contributed by atoms with E-state index in [1.54, 1.807) is 6.92 Å². The standard InChI is InChI=1S/C23H21BrO4/c1-5-18(25)27-21-15-7-6-14(24)10-17(15)22(28-23(26)11(2)3)19-13-8-12(4)16(9-13)20(19)21/h5-7,10,12-13,16H,1-2,8-9H2,3-4H3. The highest BCUT2D eigenvalue weighted by atomic mass is 79.9. The van der Waals surface area contributed by atoms with Crippen molar-refractivity contribution in [2.75, 3.05) is 0 Å². The molecular weight excluding hydrogens is 420 g/mol. The summed E-state index contributed by atoms with van der Waals surface area (Å²) in [6, 6.07) is 5.68. The summed E-state index contributed by atoms with van der Waals surface area (Å²) in [6.07, 6.45) is 3.18. The molecule has 28 heavy (non-hydrogen) atoms. The highest BCUT2D eigenvalue weighted by Gasteiger charge is 2.47. The van der Waals surface area contributed by atoms with E-state index in [9.17, 15) is 9.59 Å². The van der Waals surface area contributed by atoms with E-state index in [1.165, 1.54) is 6.08 Å². The van der Waals surface area contributed by atoms with Gasteiger partial charge in [0.05, 0.1) is 0 Å². The first-order chi connectivity index (χ1) is 13.3. The van der Waals surface area contributed by atoms with Crippen molar-refractivity contribution in [1.82, 2.24) is 0 Å². The average molecular weight is 441 g/mol. The summed E-state index contributed by atoms with van der Waals surface area (Å²) < 4.78 is 12.4. The number of ether oxygens (including phenoxy) is 2. The minimum atomic E-state index is -0.492. The van der Waals surface area contributed by atoms with Crippen molar-refractivity contribution >= 4 is 38.6 Å². The number of benzene rings is 2. The molecule has 1 fully saturated rings. The van der Waals surface area contributed by atoms with Crippen molar-refractivity contribution in [2.45, 2.75) is 38.5 Å². The summed E-state index contributed by atoms with van der Waals surface area (Å²) in [5, 5.41) is 1.50. The maximum absolute atomic E-state index is 12.4. The molecule has 2 aliphatic rings. The van der Waals surface area contributed by atoms with E-state index in [2.05, 4.69) is 36.0 Å². The molecule has 4 rings (SSSR count). The first-order valence-electron chi connectivity index (χ1n) is 9.32. The molecule has 5 heteroatoms. The van der Waals surface area contributed by atoms with Gasteiger partial charge in [0.25, 0.3) is 0 Å². The lowest BCUT2D eigenvalue weighted by Gasteiger charge is -2.27. The third kappa shape index (κ3) is 2.89. The van der Waals surface area contributed by atoms with Crippen LogP contribution in [-0.2, 0) is 9.59 Å². The minimum absolute atomic E-state index is 0.281. The Balaban J connectivity index is 2.05. The van der Waals surface area contributed by atoms with Gasteiger partial charge in [-0.15, -0.1) is 0 Å². The summed E-state index contributed by atoms with van der Waals surface area (Å²) in [7, 11) is 0. The molecule has 2 bridgehead atoms. The maximum atomic E-state index is 12.4. The molecule has 4 nitrogen and oxygen atoms in total. The van der Waals surface area contributed by atoms with E-state index in [0.717, 1.165) is 39.2 Å². The molecule has 0 radical (unpaired) electrons. The van der Waals surface area contributed by atoms with E-state index < -0.39 is 11.9 Å². The van der Waals surface area contributed by atoms with Crippen LogP contribution >= 0.6 is 15.9 Å². The monoisotopic (exact) mass is 440 g/mol. The second kappa shape index (κ2) is 6.89. The molecule has 0 amide bonds. The molecule has 0 N–H and O–H groups in total. The molecule has 3 unspecified atom stereocenters. The Labute approximate surface area is 172 Å². The van der Waals surface area contributed by atoms with Crippen LogP contribution in [0.2, 0.25) is 0 Å². The normalized spacial score (nSPS) is 22.0. The molecule has 144 valence electrons. The third-order valence-electron chi connectivity index (χ3n) is 5.82. The van der Waals surface area contributed by atoms with Gasteiger partial charge in [-0.3, -0.25) is 0 Å². The lowest BCUT2D eigenvalue weighted by molar-refractivity contribution is -0.130.